The number of anilines is 2. The average molecular weight is 424 g/mol. The molecule has 0 radical (unpaired) electrons. The zero-order valence-electron chi connectivity index (χ0n) is 18.1. The first-order valence-corrected chi connectivity index (χ1v) is 10.8. The Hall–Kier alpha value is -3.00. The smallest absolute Gasteiger partial charge is 0.251 e. The average Bonchev–Trinajstić information content (AvgIpc) is 3.58. The van der Waals surface area contributed by atoms with Crippen LogP contribution in [-0.4, -0.2) is 45.6 Å². The Bertz CT molecular complexity index is 961. The summed E-state index contributed by atoms with van der Waals surface area (Å²) in [5, 5.41) is 15.7. The fourth-order valence-corrected chi connectivity index (χ4v) is 4.56. The number of rotatable bonds is 6. The molecule has 8 nitrogen and oxygen atoms in total. The molecule has 164 valence electrons. The van der Waals surface area contributed by atoms with E-state index in [0.717, 1.165) is 24.1 Å². The van der Waals surface area contributed by atoms with E-state index in [4.69, 9.17) is 0 Å². The molecule has 0 bridgehead atoms. The molecule has 2 amide bonds. The number of aliphatic hydroxyl groups excluding tert-OH is 1. The van der Waals surface area contributed by atoms with Gasteiger partial charge >= 0.3 is 0 Å². The topological polar surface area (TPSA) is 107 Å². The standard InChI is InChI=1S/C23H29N5O3/c1-13(29)12-26-22(31)17-7-8-19-18(11-17)20(27-23-24-9-4-10-25-23)14(2)21(16-5-6-16)28(19)15(3)30/h4,7-11,13-14,16,20-21,29H,5-6,12H2,1-3H3,(H,26,31)(H,24,25,27)/t13?,14-,20-,21-/m1/s1. The summed E-state index contributed by atoms with van der Waals surface area (Å²) in [4.78, 5) is 35.9. The third-order valence-corrected chi connectivity index (χ3v) is 6.10. The van der Waals surface area contributed by atoms with Gasteiger partial charge in [-0.2, -0.15) is 0 Å². The van der Waals surface area contributed by atoms with Crippen LogP contribution in [0, 0.1) is 11.8 Å². The van der Waals surface area contributed by atoms with Crippen LogP contribution in [0.1, 0.15) is 55.6 Å². The Morgan fingerprint density at radius 3 is 2.58 bits per heavy atom. The van der Waals surface area contributed by atoms with Crippen LogP contribution < -0.4 is 15.5 Å². The molecule has 1 aliphatic carbocycles. The SMILES string of the molecule is CC(=O)N1c2ccc(C(=O)NCC(C)O)cc2[C@H](Nc2ncccn2)[C@@H](C)[C@@H]1C1CC1. The van der Waals surface area contributed by atoms with Gasteiger partial charge in [-0.1, -0.05) is 6.92 Å². The van der Waals surface area contributed by atoms with Gasteiger partial charge in [0.15, 0.2) is 0 Å². The van der Waals surface area contributed by atoms with E-state index in [2.05, 4.69) is 27.5 Å². The fourth-order valence-electron chi connectivity index (χ4n) is 4.56. The summed E-state index contributed by atoms with van der Waals surface area (Å²) >= 11 is 0. The molecule has 1 unspecified atom stereocenters. The number of carbonyl (C=O) groups is 2. The van der Waals surface area contributed by atoms with E-state index < -0.39 is 6.10 Å². The Kier molecular flexibility index (Phi) is 5.91. The molecular formula is C23H29N5O3. The molecule has 1 aliphatic heterocycles. The normalized spacial score (nSPS) is 23.6. The predicted octanol–water partition coefficient (Wildman–Crippen LogP) is 2.52. The van der Waals surface area contributed by atoms with Gasteiger partial charge in [-0.3, -0.25) is 9.59 Å². The lowest BCUT2D eigenvalue weighted by molar-refractivity contribution is -0.117. The van der Waals surface area contributed by atoms with Gasteiger partial charge in [0.1, 0.15) is 0 Å². The van der Waals surface area contributed by atoms with Crippen molar-refractivity contribution in [1.82, 2.24) is 15.3 Å². The number of aliphatic hydroxyl groups is 1. The lowest BCUT2D eigenvalue weighted by Gasteiger charge is -2.45. The van der Waals surface area contributed by atoms with E-state index in [9.17, 15) is 14.7 Å². The number of fused-ring (bicyclic) bond motifs is 1. The zero-order valence-corrected chi connectivity index (χ0v) is 18.1. The van der Waals surface area contributed by atoms with Crippen molar-refractivity contribution < 1.29 is 14.7 Å². The van der Waals surface area contributed by atoms with Gasteiger partial charge in [0, 0.05) is 49.1 Å². The molecule has 2 heterocycles. The minimum absolute atomic E-state index is 0.00529. The number of nitrogens with zero attached hydrogens (tertiary/aromatic N) is 3. The Morgan fingerprint density at radius 2 is 1.97 bits per heavy atom. The van der Waals surface area contributed by atoms with Crippen molar-refractivity contribution in [1.29, 1.82) is 0 Å². The van der Waals surface area contributed by atoms with Gasteiger partial charge in [-0.15, -0.1) is 0 Å². The van der Waals surface area contributed by atoms with E-state index >= 15 is 0 Å². The number of carbonyl (C=O) groups excluding carboxylic acids is 2. The second kappa shape index (κ2) is 8.63. The number of nitrogens with one attached hydrogen (secondary N) is 2. The summed E-state index contributed by atoms with van der Waals surface area (Å²) in [6, 6.07) is 7.13. The third kappa shape index (κ3) is 4.39. The summed E-state index contributed by atoms with van der Waals surface area (Å²) in [7, 11) is 0. The van der Waals surface area contributed by atoms with E-state index in [1.165, 1.54) is 0 Å². The first kappa shape index (κ1) is 21.2. The van der Waals surface area contributed by atoms with Crippen LogP contribution in [0.25, 0.3) is 0 Å². The quantitative estimate of drug-likeness (QED) is 0.659. The molecule has 8 heteroatoms. The number of hydrogen-bond acceptors (Lipinski definition) is 6. The molecule has 2 aliphatic rings. The van der Waals surface area contributed by atoms with Crippen molar-refractivity contribution in [3.05, 3.63) is 47.8 Å². The molecule has 0 spiro atoms. The monoisotopic (exact) mass is 423 g/mol. The van der Waals surface area contributed by atoms with Gasteiger partial charge in [-0.25, -0.2) is 9.97 Å². The minimum atomic E-state index is -0.626. The molecule has 1 aromatic carbocycles. The molecule has 3 N–H and O–H groups in total. The van der Waals surface area contributed by atoms with Gasteiger partial charge in [0.05, 0.1) is 12.1 Å². The van der Waals surface area contributed by atoms with Crippen molar-refractivity contribution in [3.63, 3.8) is 0 Å². The highest BCUT2D eigenvalue weighted by atomic mass is 16.3. The Labute approximate surface area is 182 Å². The summed E-state index contributed by atoms with van der Waals surface area (Å²) < 4.78 is 0. The van der Waals surface area contributed by atoms with Crippen molar-refractivity contribution in [3.8, 4) is 0 Å². The predicted molar refractivity (Wildman–Crippen MR) is 118 cm³/mol. The van der Waals surface area contributed by atoms with Crippen molar-refractivity contribution in [2.45, 2.75) is 51.8 Å². The van der Waals surface area contributed by atoms with Crippen molar-refractivity contribution >= 4 is 23.5 Å². The van der Waals surface area contributed by atoms with Crippen LogP contribution in [0.3, 0.4) is 0 Å². The Morgan fingerprint density at radius 1 is 1.26 bits per heavy atom. The number of hydrogen-bond donors (Lipinski definition) is 3. The molecule has 1 saturated carbocycles. The van der Waals surface area contributed by atoms with Crippen molar-refractivity contribution in [2.24, 2.45) is 11.8 Å². The van der Waals surface area contributed by atoms with E-state index in [0.29, 0.717) is 17.4 Å². The highest BCUT2D eigenvalue weighted by Gasteiger charge is 2.47. The second-order valence-electron chi connectivity index (χ2n) is 8.60. The van der Waals surface area contributed by atoms with E-state index in [1.807, 2.05) is 17.0 Å². The third-order valence-electron chi connectivity index (χ3n) is 6.10. The molecular weight excluding hydrogens is 394 g/mol. The molecule has 31 heavy (non-hydrogen) atoms. The lowest BCUT2D eigenvalue weighted by atomic mass is 9.79. The summed E-state index contributed by atoms with van der Waals surface area (Å²) in [5.74, 6) is 0.834. The highest BCUT2D eigenvalue weighted by molar-refractivity contribution is 5.98. The van der Waals surface area contributed by atoms with Crippen LogP contribution in [0.4, 0.5) is 11.6 Å². The molecule has 0 saturated heterocycles. The summed E-state index contributed by atoms with van der Waals surface area (Å²) in [6.45, 7) is 5.54. The maximum atomic E-state index is 12.7. The first-order valence-electron chi connectivity index (χ1n) is 10.8. The van der Waals surface area contributed by atoms with Crippen LogP contribution in [0.2, 0.25) is 0 Å². The van der Waals surface area contributed by atoms with E-state index in [1.54, 1.807) is 38.4 Å². The van der Waals surface area contributed by atoms with Gasteiger partial charge in [-0.05, 0) is 55.5 Å². The van der Waals surface area contributed by atoms with Gasteiger partial charge in [0.25, 0.3) is 5.91 Å². The van der Waals surface area contributed by atoms with E-state index in [-0.39, 0.29) is 36.4 Å². The van der Waals surface area contributed by atoms with Crippen LogP contribution >= 0.6 is 0 Å². The first-order chi connectivity index (χ1) is 14.9. The summed E-state index contributed by atoms with van der Waals surface area (Å²) in [6.07, 6.45) is 4.97. The zero-order chi connectivity index (χ0) is 22.1. The minimum Gasteiger partial charge on any atom is -0.392 e. The number of aromatic nitrogens is 2. The molecule has 4 atom stereocenters. The molecule has 4 rings (SSSR count). The maximum Gasteiger partial charge on any atom is 0.251 e. The molecule has 1 fully saturated rings. The molecule has 2 aromatic rings. The van der Waals surface area contributed by atoms with Gasteiger partial charge < -0.3 is 20.6 Å². The maximum absolute atomic E-state index is 12.7. The lowest BCUT2D eigenvalue weighted by Crippen LogP contribution is -2.51. The van der Waals surface area contributed by atoms with Crippen molar-refractivity contribution in [2.75, 3.05) is 16.8 Å². The van der Waals surface area contributed by atoms with Crippen LogP contribution in [0.15, 0.2) is 36.7 Å². The van der Waals surface area contributed by atoms with Crippen LogP contribution in [0.5, 0.6) is 0 Å². The van der Waals surface area contributed by atoms with Crippen LogP contribution in [-0.2, 0) is 4.79 Å². The fraction of sp³-hybridized carbons (Fsp3) is 0.478. The number of benzene rings is 1. The van der Waals surface area contributed by atoms with Gasteiger partial charge in [0.2, 0.25) is 11.9 Å². The molecule has 1 aromatic heterocycles. The largest absolute Gasteiger partial charge is 0.392 e. The Balaban J connectivity index is 1.75. The highest BCUT2D eigenvalue weighted by Crippen LogP contribution is 2.50. The second-order valence-corrected chi connectivity index (χ2v) is 8.60. The summed E-state index contributed by atoms with van der Waals surface area (Å²) in [5.41, 5.74) is 2.18. The number of amides is 2.